The number of halogens is 1. The highest BCUT2D eigenvalue weighted by Crippen LogP contribution is 2.46. The Balaban J connectivity index is 1.45. The van der Waals surface area contributed by atoms with E-state index < -0.39 is 49.8 Å². The molecular weight excluding hydrogens is 636 g/mol. The number of carbonyl (C=O) groups is 4. The molecule has 1 fully saturated rings. The Bertz CT molecular complexity index is 1760. The van der Waals surface area contributed by atoms with Gasteiger partial charge in [0.15, 0.2) is 10.8 Å². The summed E-state index contributed by atoms with van der Waals surface area (Å²) in [6, 6.07) is 12.5. The molecule has 1 saturated heterocycles. The molecule has 4 amide bonds. The van der Waals surface area contributed by atoms with Gasteiger partial charge in [0.25, 0.3) is 21.8 Å². The zero-order valence-electron chi connectivity index (χ0n) is 26.0. The van der Waals surface area contributed by atoms with Crippen LogP contribution in [-0.2, 0) is 25.2 Å². The number of carbonyl (C=O) groups excluding carboxylic acids is 4. The van der Waals surface area contributed by atoms with Crippen LogP contribution in [0.2, 0.25) is 5.02 Å². The Morgan fingerprint density at radius 3 is 2.24 bits per heavy atom. The number of benzene rings is 2. The summed E-state index contributed by atoms with van der Waals surface area (Å²) in [5, 5.41) is 22.8. The van der Waals surface area contributed by atoms with Gasteiger partial charge in [0.05, 0.1) is 5.60 Å². The number of sulfonamides is 1. The maximum atomic E-state index is 13.8. The average Bonchev–Trinajstić information content (AvgIpc) is 3.46. The maximum Gasteiger partial charge on any atom is 0.281 e. The first-order valence-corrected chi connectivity index (χ1v) is 16.4. The standard InChI is InChI=1S/C31H37ClN6O7S/c1-18(2)26(29(42)38-14-13-31(43,30(4,5)17-38)22-9-11-23(32)12-10-22)34-27(40)20-7-6-8-21(15-20)28(41)37-46(44,45)25-16-24(35-36-25)33-19(3)39/h6-12,15-16,18,26,43H,13-14,17H2,1-5H3,(H,34,40)(H,37,41)(H2,33,35,36,39)/t26-,31+/m1/s1. The first kappa shape index (κ1) is 34.6. The molecule has 2 aromatic carbocycles. The highest BCUT2D eigenvalue weighted by atomic mass is 35.5. The molecule has 0 spiro atoms. The molecular formula is C31H37ClN6O7S. The molecule has 0 unspecified atom stereocenters. The molecule has 246 valence electrons. The van der Waals surface area contributed by atoms with E-state index in [1.165, 1.54) is 31.2 Å². The van der Waals surface area contributed by atoms with Crippen molar-refractivity contribution in [2.24, 2.45) is 11.3 Å². The van der Waals surface area contributed by atoms with Gasteiger partial charge in [-0.1, -0.05) is 57.5 Å². The van der Waals surface area contributed by atoms with E-state index in [2.05, 4.69) is 20.8 Å². The van der Waals surface area contributed by atoms with Gasteiger partial charge in [0.1, 0.15) is 6.04 Å². The number of rotatable bonds is 9. The Hall–Kier alpha value is -4.27. The Kier molecular flexibility index (Phi) is 9.95. The van der Waals surface area contributed by atoms with Gasteiger partial charge < -0.3 is 20.6 Å². The predicted octanol–water partition coefficient (Wildman–Crippen LogP) is 3.04. The Morgan fingerprint density at radius 1 is 1.02 bits per heavy atom. The molecule has 1 aliphatic rings. The van der Waals surface area contributed by atoms with Crippen LogP contribution < -0.4 is 15.4 Å². The summed E-state index contributed by atoms with van der Waals surface area (Å²) in [5.41, 5.74) is -1.31. The molecule has 5 N–H and O–H groups in total. The average molecular weight is 673 g/mol. The van der Waals surface area contributed by atoms with Crippen molar-refractivity contribution in [2.45, 2.75) is 57.7 Å². The summed E-state index contributed by atoms with van der Waals surface area (Å²) in [6.45, 7) is 9.08. The normalized spacial score (nSPS) is 18.5. The second-order valence-electron chi connectivity index (χ2n) is 12.3. The number of aromatic nitrogens is 2. The topological polar surface area (TPSA) is 191 Å². The van der Waals surface area contributed by atoms with Crippen molar-refractivity contribution in [2.75, 3.05) is 18.4 Å². The molecule has 2 heterocycles. The SMILES string of the molecule is CC(=O)Nc1cc(S(=O)(=O)NC(=O)c2cccc(C(=O)N[C@@H](C(=O)N3CC[C@](O)(c4ccc(Cl)cc4)C(C)(C)C3)C(C)C)c2)[nH]n1. The third-order valence-corrected chi connectivity index (χ3v) is 9.56. The molecule has 0 radical (unpaired) electrons. The minimum Gasteiger partial charge on any atom is -0.384 e. The molecule has 2 atom stereocenters. The molecule has 3 aromatic rings. The fraction of sp³-hybridized carbons (Fsp3) is 0.387. The largest absolute Gasteiger partial charge is 0.384 e. The van der Waals surface area contributed by atoms with Crippen LogP contribution in [0.1, 0.15) is 67.3 Å². The molecule has 0 saturated carbocycles. The Labute approximate surface area is 272 Å². The second-order valence-corrected chi connectivity index (χ2v) is 14.4. The van der Waals surface area contributed by atoms with Gasteiger partial charge in [0, 0.05) is 47.6 Å². The zero-order valence-corrected chi connectivity index (χ0v) is 27.6. The van der Waals surface area contributed by atoms with Gasteiger partial charge in [-0.3, -0.25) is 24.3 Å². The monoisotopic (exact) mass is 672 g/mol. The number of likely N-dealkylation sites (tertiary alicyclic amines) is 1. The molecule has 4 rings (SSSR count). The van der Waals surface area contributed by atoms with Crippen LogP contribution in [0.3, 0.4) is 0 Å². The van der Waals surface area contributed by atoms with E-state index in [0.29, 0.717) is 10.6 Å². The highest BCUT2D eigenvalue weighted by Gasteiger charge is 2.50. The van der Waals surface area contributed by atoms with Crippen LogP contribution in [-0.4, -0.2) is 71.4 Å². The van der Waals surface area contributed by atoms with Crippen molar-refractivity contribution < 1.29 is 32.7 Å². The first-order chi connectivity index (χ1) is 21.4. The van der Waals surface area contributed by atoms with E-state index in [1.807, 2.05) is 18.6 Å². The van der Waals surface area contributed by atoms with Crippen LogP contribution in [0.5, 0.6) is 0 Å². The van der Waals surface area contributed by atoms with Crippen molar-refractivity contribution >= 4 is 51.1 Å². The number of anilines is 1. The van der Waals surface area contributed by atoms with E-state index in [0.717, 1.165) is 6.07 Å². The third-order valence-electron chi connectivity index (χ3n) is 8.06. The van der Waals surface area contributed by atoms with E-state index in [1.54, 1.807) is 43.0 Å². The van der Waals surface area contributed by atoms with E-state index in [4.69, 9.17) is 11.6 Å². The number of amides is 4. The number of piperidine rings is 1. The maximum absolute atomic E-state index is 13.8. The van der Waals surface area contributed by atoms with Crippen LogP contribution >= 0.6 is 11.6 Å². The zero-order chi connectivity index (χ0) is 34.0. The smallest absolute Gasteiger partial charge is 0.281 e. The molecule has 1 aromatic heterocycles. The summed E-state index contributed by atoms with van der Waals surface area (Å²) < 4.78 is 27.3. The summed E-state index contributed by atoms with van der Waals surface area (Å²) in [7, 11) is -4.39. The summed E-state index contributed by atoms with van der Waals surface area (Å²) in [4.78, 5) is 52.8. The summed E-state index contributed by atoms with van der Waals surface area (Å²) in [5.74, 6) is -2.76. The van der Waals surface area contributed by atoms with Gasteiger partial charge >= 0.3 is 0 Å². The molecule has 1 aliphatic heterocycles. The minimum atomic E-state index is -4.39. The van der Waals surface area contributed by atoms with Crippen molar-refractivity contribution in [1.29, 1.82) is 0 Å². The number of H-pyrrole nitrogens is 1. The number of hydrogen-bond donors (Lipinski definition) is 5. The van der Waals surface area contributed by atoms with Gasteiger partial charge in [-0.15, -0.1) is 0 Å². The van der Waals surface area contributed by atoms with Crippen LogP contribution in [0.15, 0.2) is 59.6 Å². The molecule has 0 bridgehead atoms. The molecule has 15 heteroatoms. The van der Waals surface area contributed by atoms with Crippen LogP contribution in [0.25, 0.3) is 0 Å². The number of aliphatic hydroxyl groups is 1. The number of nitrogens with one attached hydrogen (secondary N) is 4. The van der Waals surface area contributed by atoms with Crippen molar-refractivity contribution in [3.05, 3.63) is 76.3 Å². The lowest BCUT2D eigenvalue weighted by Crippen LogP contribution is -2.60. The lowest BCUT2D eigenvalue weighted by molar-refractivity contribution is -0.155. The summed E-state index contributed by atoms with van der Waals surface area (Å²) >= 11 is 6.04. The van der Waals surface area contributed by atoms with E-state index in [9.17, 15) is 32.7 Å². The second kappa shape index (κ2) is 13.2. The van der Waals surface area contributed by atoms with Crippen molar-refractivity contribution in [3.63, 3.8) is 0 Å². The quantitative estimate of drug-likeness (QED) is 0.229. The van der Waals surface area contributed by atoms with Gasteiger partial charge in [0.2, 0.25) is 11.8 Å². The van der Waals surface area contributed by atoms with Crippen LogP contribution in [0.4, 0.5) is 5.82 Å². The van der Waals surface area contributed by atoms with Gasteiger partial charge in [-0.25, -0.2) is 4.72 Å². The lowest BCUT2D eigenvalue weighted by atomic mass is 9.66. The predicted molar refractivity (Wildman–Crippen MR) is 170 cm³/mol. The minimum absolute atomic E-state index is 0.0362. The molecule has 13 nitrogen and oxygen atoms in total. The fourth-order valence-corrected chi connectivity index (χ4v) is 6.46. The lowest BCUT2D eigenvalue weighted by Gasteiger charge is -2.51. The third kappa shape index (κ3) is 7.40. The first-order valence-electron chi connectivity index (χ1n) is 14.5. The van der Waals surface area contributed by atoms with Crippen LogP contribution in [0, 0.1) is 11.3 Å². The number of aromatic amines is 1. The van der Waals surface area contributed by atoms with Gasteiger partial charge in [-0.2, -0.15) is 13.5 Å². The highest BCUT2D eigenvalue weighted by molar-refractivity contribution is 7.90. The van der Waals surface area contributed by atoms with E-state index >= 15 is 0 Å². The molecule has 0 aliphatic carbocycles. The Morgan fingerprint density at radius 2 is 1.65 bits per heavy atom. The molecule has 46 heavy (non-hydrogen) atoms. The van der Waals surface area contributed by atoms with Gasteiger partial charge in [-0.05, 0) is 48.2 Å². The van der Waals surface area contributed by atoms with Crippen molar-refractivity contribution in [3.8, 4) is 0 Å². The summed E-state index contributed by atoms with van der Waals surface area (Å²) in [6.07, 6.45) is 0.277. The van der Waals surface area contributed by atoms with Crippen molar-refractivity contribution in [1.82, 2.24) is 25.1 Å². The number of hydrogen-bond acceptors (Lipinski definition) is 8. The number of nitrogens with zero attached hydrogens (tertiary/aromatic N) is 2. The fourth-order valence-electron chi connectivity index (χ4n) is 5.43. The van der Waals surface area contributed by atoms with E-state index in [-0.39, 0.29) is 48.3 Å².